The van der Waals surface area contributed by atoms with Crippen molar-refractivity contribution in [3.8, 4) is 28.1 Å². The number of aromatic nitrogens is 2. The van der Waals surface area contributed by atoms with Gasteiger partial charge >= 0.3 is 0 Å². The number of nitrogen functional groups attached to an aromatic ring is 1. The van der Waals surface area contributed by atoms with Crippen molar-refractivity contribution in [1.82, 2.24) is 9.78 Å². The Morgan fingerprint density at radius 3 is 2.48 bits per heavy atom. The lowest BCUT2D eigenvalue weighted by molar-refractivity contribution is 0.417. The highest BCUT2D eigenvalue weighted by Crippen LogP contribution is 2.34. The zero-order valence-electron chi connectivity index (χ0n) is 12.1. The second kappa shape index (κ2) is 5.32. The first-order valence-electron chi connectivity index (χ1n) is 6.72. The number of hydrogen-bond donors (Lipinski definition) is 1. The highest BCUT2D eigenvalue weighted by atomic mass is 16.5. The van der Waals surface area contributed by atoms with E-state index in [1.807, 2.05) is 49.6 Å². The molecule has 0 saturated heterocycles. The van der Waals surface area contributed by atoms with Gasteiger partial charge in [0.2, 0.25) is 0 Å². The van der Waals surface area contributed by atoms with Crippen molar-refractivity contribution in [2.45, 2.75) is 0 Å². The molecule has 2 N–H and O–H groups in total. The van der Waals surface area contributed by atoms with Crippen LogP contribution in [0.1, 0.15) is 0 Å². The summed E-state index contributed by atoms with van der Waals surface area (Å²) in [5, 5.41) is 4.49. The van der Waals surface area contributed by atoms with Crippen LogP contribution in [0, 0.1) is 0 Å². The molecule has 0 saturated carbocycles. The molecule has 21 heavy (non-hydrogen) atoms. The molecule has 4 heteroatoms. The van der Waals surface area contributed by atoms with Crippen molar-refractivity contribution in [1.29, 1.82) is 0 Å². The van der Waals surface area contributed by atoms with Crippen LogP contribution < -0.4 is 10.5 Å². The van der Waals surface area contributed by atoms with Gasteiger partial charge in [0, 0.05) is 18.8 Å². The summed E-state index contributed by atoms with van der Waals surface area (Å²) in [6.07, 6.45) is 1.94. The minimum Gasteiger partial charge on any atom is -0.495 e. The predicted molar refractivity (Wildman–Crippen MR) is 85.0 cm³/mol. The molecule has 0 atom stereocenters. The van der Waals surface area contributed by atoms with E-state index in [4.69, 9.17) is 10.5 Å². The van der Waals surface area contributed by atoms with Crippen LogP contribution in [0.2, 0.25) is 0 Å². The molecule has 106 valence electrons. The molecule has 1 heterocycles. The lowest BCUT2D eigenvalue weighted by Crippen LogP contribution is -1.93. The molecule has 0 fully saturated rings. The Bertz CT molecular complexity index is 777. The Morgan fingerprint density at radius 2 is 1.81 bits per heavy atom. The summed E-state index contributed by atoms with van der Waals surface area (Å²) in [6.45, 7) is 0. The van der Waals surface area contributed by atoms with Gasteiger partial charge in [0.15, 0.2) is 0 Å². The molecular formula is C17H17N3O. The van der Waals surface area contributed by atoms with Gasteiger partial charge in [0.05, 0.1) is 18.5 Å². The summed E-state index contributed by atoms with van der Waals surface area (Å²) in [5.41, 5.74) is 10.7. The minimum atomic E-state index is 0.636. The summed E-state index contributed by atoms with van der Waals surface area (Å²) in [5.74, 6) is 0.684. The molecule has 3 rings (SSSR count). The molecule has 2 aromatic carbocycles. The molecule has 0 spiro atoms. The number of hydrogen-bond acceptors (Lipinski definition) is 3. The molecule has 0 bridgehead atoms. The first kappa shape index (κ1) is 13.2. The van der Waals surface area contributed by atoms with Crippen LogP contribution in [0.5, 0.6) is 5.75 Å². The number of anilines is 1. The van der Waals surface area contributed by atoms with Crippen LogP contribution >= 0.6 is 0 Å². The van der Waals surface area contributed by atoms with Crippen LogP contribution in [-0.2, 0) is 7.05 Å². The van der Waals surface area contributed by atoms with Crippen molar-refractivity contribution in [2.75, 3.05) is 12.8 Å². The van der Waals surface area contributed by atoms with E-state index in [2.05, 4.69) is 17.2 Å². The van der Waals surface area contributed by atoms with Gasteiger partial charge in [-0.2, -0.15) is 5.10 Å². The fourth-order valence-electron chi connectivity index (χ4n) is 2.40. The molecule has 0 radical (unpaired) electrons. The van der Waals surface area contributed by atoms with Gasteiger partial charge in [0.1, 0.15) is 5.75 Å². The first-order valence-corrected chi connectivity index (χ1v) is 6.72. The summed E-state index contributed by atoms with van der Waals surface area (Å²) < 4.78 is 7.11. The maximum Gasteiger partial charge on any atom is 0.142 e. The average molecular weight is 279 g/mol. The second-order valence-corrected chi connectivity index (χ2v) is 4.88. The van der Waals surface area contributed by atoms with Crippen molar-refractivity contribution in [3.63, 3.8) is 0 Å². The van der Waals surface area contributed by atoms with Gasteiger partial charge in [-0.3, -0.25) is 4.68 Å². The highest BCUT2D eigenvalue weighted by Gasteiger charge is 2.10. The normalized spacial score (nSPS) is 10.6. The molecule has 1 aromatic heterocycles. The fourth-order valence-corrected chi connectivity index (χ4v) is 2.40. The van der Waals surface area contributed by atoms with Crippen molar-refractivity contribution >= 4 is 5.69 Å². The van der Waals surface area contributed by atoms with E-state index in [9.17, 15) is 0 Å². The molecule has 0 amide bonds. The third-order valence-electron chi connectivity index (χ3n) is 3.46. The Kier molecular flexibility index (Phi) is 3.36. The van der Waals surface area contributed by atoms with E-state index in [1.54, 1.807) is 11.8 Å². The molecular weight excluding hydrogens is 262 g/mol. The topological polar surface area (TPSA) is 53.1 Å². The molecule has 0 aliphatic carbocycles. The first-order chi connectivity index (χ1) is 10.2. The predicted octanol–water partition coefficient (Wildman–Crippen LogP) is 3.34. The summed E-state index contributed by atoms with van der Waals surface area (Å²) in [7, 11) is 3.54. The second-order valence-electron chi connectivity index (χ2n) is 4.88. The van der Waals surface area contributed by atoms with E-state index in [0.29, 0.717) is 11.4 Å². The lowest BCUT2D eigenvalue weighted by Gasteiger charge is -2.11. The fraction of sp³-hybridized carbons (Fsp3) is 0.118. The Morgan fingerprint density at radius 1 is 1.05 bits per heavy atom. The van der Waals surface area contributed by atoms with Crippen molar-refractivity contribution < 1.29 is 4.74 Å². The van der Waals surface area contributed by atoms with Crippen LogP contribution in [0.4, 0.5) is 5.69 Å². The number of benzene rings is 2. The largest absolute Gasteiger partial charge is 0.495 e. The van der Waals surface area contributed by atoms with Gasteiger partial charge in [-0.15, -0.1) is 0 Å². The van der Waals surface area contributed by atoms with Crippen molar-refractivity contribution in [3.05, 3.63) is 54.7 Å². The van der Waals surface area contributed by atoms with Gasteiger partial charge < -0.3 is 10.5 Å². The number of ether oxygens (including phenoxy) is 1. The standard InChI is InChI=1S/C17H17N3O/c1-20-10-9-16(19-20)14-6-4-3-5-13(14)12-7-8-15(18)17(11-12)21-2/h3-11H,18H2,1-2H3. The smallest absolute Gasteiger partial charge is 0.142 e. The van der Waals surface area contributed by atoms with E-state index in [0.717, 1.165) is 22.4 Å². The van der Waals surface area contributed by atoms with Gasteiger partial charge in [-0.05, 0) is 29.3 Å². The monoisotopic (exact) mass is 279 g/mol. The molecule has 4 nitrogen and oxygen atoms in total. The highest BCUT2D eigenvalue weighted by molar-refractivity contribution is 5.83. The third-order valence-corrected chi connectivity index (χ3v) is 3.46. The van der Waals surface area contributed by atoms with Crippen LogP contribution in [0.25, 0.3) is 22.4 Å². The Balaban J connectivity index is 2.15. The van der Waals surface area contributed by atoms with E-state index < -0.39 is 0 Å². The maximum absolute atomic E-state index is 5.89. The van der Waals surface area contributed by atoms with Crippen LogP contribution in [0.3, 0.4) is 0 Å². The lowest BCUT2D eigenvalue weighted by atomic mass is 9.97. The summed E-state index contributed by atoms with van der Waals surface area (Å²) in [4.78, 5) is 0. The number of rotatable bonds is 3. The number of methoxy groups -OCH3 is 1. The Labute approximate surface area is 123 Å². The van der Waals surface area contributed by atoms with Gasteiger partial charge in [-0.25, -0.2) is 0 Å². The SMILES string of the molecule is COc1cc(-c2ccccc2-c2ccn(C)n2)ccc1N. The zero-order valence-corrected chi connectivity index (χ0v) is 12.1. The van der Waals surface area contributed by atoms with Gasteiger partial charge in [-0.1, -0.05) is 30.3 Å². The Hall–Kier alpha value is -2.75. The number of nitrogens with two attached hydrogens (primary N) is 1. The van der Waals surface area contributed by atoms with E-state index in [1.165, 1.54) is 0 Å². The maximum atomic E-state index is 5.89. The van der Waals surface area contributed by atoms with Crippen LogP contribution in [0.15, 0.2) is 54.7 Å². The third kappa shape index (κ3) is 2.48. The number of aryl methyl sites for hydroxylation is 1. The van der Waals surface area contributed by atoms with Crippen LogP contribution in [-0.4, -0.2) is 16.9 Å². The quantitative estimate of drug-likeness (QED) is 0.748. The van der Waals surface area contributed by atoms with E-state index in [-0.39, 0.29) is 0 Å². The van der Waals surface area contributed by atoms with E-state index >= 15 is 0 Å². The molecule has 0 aliphatic rings. The van der Waals surface area contributed by atoms with Gasteiger partial charge in [0.25, 0.3) is 0 Å². The van der Waals surface area contributed by atoms with Crippen molar-refractivity contribution in [2.24, 2.45) is 7.05 Å². The molecule has 0 aliphatic heterocycles. The molecule has 3 aromatic rings. The molecule has 0 unspecified atom stereocenters. The zero-order chi connectivity index (χ0) is 14.8. The summed E-state index contributed by atoms with van der Waals surface area (Å²) >= 11 is 0. The summed E-state index contributed by atoms with van der Waals surface area (Å²) in [6, 6.07) is 16.0. The minimum absolute atomic E-state index is 0.636. The number of nitrogens with zero attached hydrogens (tertiary/aromatic N) is 2. The average Bonchev–Trinajstić information content (AvgIpc) is 2.94.